The van der Waals surface area contributed by atoms with E-state index in [0.717, 1.165) is 16.7 Å². The highest BCUT2D eigenvalue weighted by Gasteiger charge is 2.15. The molecule has 1 N–H and O–H groups in total. The molecule has 0 spiro atoms. The van der Waals surface area contributed by atoms with Crippen LogP contribution in [0.1, 0.15) is 36.6 Å². The minimum absolute atomic E-state index is 0.119. The Morgan fingerprint density at radius 3 is 2.62 bits per heavy atom. The standard InChI is InChI=1S/C17H18N2O2/c1-11(2)16-9-19-13(10-20)7-14(16)15-6-12(8-18)4-5-17(15)21-3/h4-7,9,11,20H,10H2,1-3H3. The molecule has 0 radical (unpaired) electrons. The van der Waals surface area contributed by atoms with Crippen LogP contribution in [0, 0.1) is 11.3 Å². The third kappa shape index (κ3) is 3.04. The van der Waals surface area contributed by atoms with E-state index in [1.807, 2.05) is 6.07 Å². The van der Waals surface area contributed by atoms with Crippen molar-refractivity contribution in [2.24, 2.45) is 0 Å². The molecule has 21 heavy (non-hydrogen) atoms. The van der Waals surface area contributed by atoms with Gasteiger partial charge in [0.05, 0.1) is 31.0 Å². The highest BCUT2D eigenvalue weighted by Crippen LogP contribution is 2.36. The topological polar surface area (TPSA) is 66.1 Å². The molecule has 1 aromatic carbocycles. The number of hydrogen-bond donors (Lipinski definition) is 1. The van der Waals surface area contributed by atoms with Crippen LogP contribution >= 0.6 is 0 Å². The number of nitriles is 1. The van der Waals surface area contributed by atoms with Crippen molar-refractivity contribution in [1.29, 1.82) is 5.26 Å². The number of hydrogen-bond acceptors (Lipinski definition) is 4. The van der Waals surface area contributed by atoms with E-state index in [1.54, 1.807) is 31.5 Å². The Labute approximate surface area is 124 Å². The molecule has 0 saturated heterocycles. The third-order valence-corrected chi connectivity index (χ3v) is 3.39. The number of rotatable bonds is 4. The summed E-state index contributed by atoms with van der Waals surface area (Å²) < 4.78 is 5.42. The van der Waals surface area contributed by atoms with Gasteiger partial charge in [-0.15, -0.1) is 0 Å². The molecule has 1 aromatic heterocycles. The summed E-state index contributed by atoms with van der Waals surface area (Å²) in [5, 5.41) is 18.4. The molecule has 0 fully saturated rings. The van der Waals surface area contributed by atoms with Crippen LogP contribution in [0.4, 0.5) is 0 Å². The number of aliphatic hydroxyl groups excluding tert-OH is 1. The Bertz CT molecular complexity index is 688. The van der Waals surface area contributed by atoms with Gasteiger partial charge < -0.3 is 9.84 Å². The van der Waals surface area contributed by atoms with Gasteiger partial charge in [-0.25, -0.2) is 0 Å². The Hall–Kier alpha value is -2.38. The zero-order valence-electron chi connectivity index (χ0n) is 12.4. The van der Waals surface area contributed by atoms with E-state index in [4.69, 9.17) is 10.00 Å². The fourth-order valence-electron chi connectivity index (χ4n) is 2.28. The lowest BCUT2D eigenvalue weighted by Crippen LogP contribution is -2.00. The van der Waals surface area contributed by atoms with Crippen molar-refractivity contribution in [3.05, 3.63) is 47.3 Å². The minimum Gasteiger partial charge on any atom is -0.496 e. The van der Waals surface area contributed by atoms with Gasteiger partial charge in [0.2, 0.25) is 0 Å². The lowest BCUT2D eigenvalue weighted by atomic mass is 9.92. The molecule has 0 saturated carbocycles. The van der Waals surface area contributed by atoms with Crippen molar-refractivity contribution in [3.8, 4) is 22.9 Å². The Kier molecular flexibility index (Phi) is 4.56. The number of nitrogens with zero attached hydrogens (tertiary/aromatic N) is 2. The molecule has 108 valence electrons. The summed E-state index contributed by atoms with van der Waals surface area (Å²) in [6, 6.07) is 9.32. The van der Waals surface area contributed by atoms with Crippen LogP contribution in [0.5, 0.6) is 5.75 Å². The van der Waals surface area contributed by atoms with Gasteiger partial charge >= 0.3 is 0 Å². The fraction of sp³-hybridized carbons (Fsp3) is 0.294. The smallest absolute Gasteiger partial charge is 0.126 e. The van der Waals surface area contributed by atoms with Gasteiger partial charge in [0.25, 0.3) is 0 Å². The summed E-state index contributed by atoms with van der Waals surface area (Å²) in [5.74, 6) is 0.974. The highest BCUT2D eigenvalue weighted by atomic mass is 16.5. The first-order chi connectivity index (χ1) is 10.1. The van der Waals surface area contributed by atoms with Crippen LogP contribution in [0.25, 0.3) is 11.1 Å². The second-order valence-corrected chi connectivity index (χ2v) is 5.10. The van der Waals surface area contributed by atoms with E-state index in [-0.39, 0.29) is 12.5 Å². The quantitative estimate of drug-likeness (QED) is 0.934. The molecule has 4 heteroatoms. The van der Waals surface area contributed by atoms with E-state index in [1.165, 1.54) is 0 Å². The zero-order chi connectivity index (χ0) is 15.4. The second kappa shape index (κ2) is 6.38. The predicted molar refractivity (Wildman–Crippen MR) is 81.0 cm³/mol. The van der Waals surface area contributed by atoms with E-state index in [0.29, 0.717) is 17.0 Å². The fourth-order valence-corrected chi connectivity index (χ4v) is 2.28. The number of ether oxygens (including phenoxy) is 1. The molecular formula is C17H18N2O2. The van der Waals surface area contributed by atoms with Gasteiger partial charge in [0, 0.05) is 11.8 Å². The maximum Gasteiger partial charge on any atom is 0.126 e. The predicted octanol–water partition coefficient (Wildman–Crippen LogP) is 3.24. The molecule has 0 aliphatic heterocycles. The first kappa shape index (κ1) is 15.0. The van der Waals surface area contributed by atoms with Gasteiger partial charge in [-0.3, -0.25) is 4.98 Å². The lowest BCUT2D eigenvalue weighted by molar-refractivity contribution is 0.277. The maximum atomic E-state index is 9.32. The summed E-state index contributed by atoms with van der Waals surface area (Å²) in [6.45, 7) is 4.05. The van der Waals surface area contributed by atoms with Crippen LogP contribution in [0.15, 0.2) is 30.5 Å². The normalized spacial score (nSPS) is 10.5. The molecular weight excluding hydrogens is 264 g/mol. The first-order valence-electron chi connectivity index (χ1n) is 6.79. The average molecular weight is 282 g/mol. The number of pyridine rings is 1. The molecule has 0 unspecified atom stereocenters. The molecule has 0 aliphatic carbocycles. The molecule has 4 nitrogen and oxygen atoms in total. The summed E-state index contributed by atoms with van der Waals surface area (Å²) >= 11 is 0. The van der Waals surface area contributed by atoms with Gasteiger partial charge in [0.15, 0.2) is 0 Å². The molecule has 1 heterocycles. The van der Waals surface area contributed by atoms with E-state index in [2.05, 4.69) is 24.9 Å². The van der Waals surface area contributed by atoms with Crippen molar-refractivity contribution in [1.82, 2.24) is 4.98 Å². The van der Waals surface area contributed by atoms with Gasteiger partial charge in [0.1, 0.15) is 5.75 Å². The van der Waals surface area contributed by atoms with Crippen LogP contribution in [0.2, 0.25) is 0 Å². The molecule has 2 aromatic rings. The lowest BCUT2D eigenvalue weighted by Gasteiger charge is -2.16. The van der Waals surface area contributed by atoms with Crippen LogP contribution < -0.4 is 4.74 Å². The Morgan fingerprint density at radius 2 is 2.05 bits per heavy atom. The highest BCUT2D eigenvalue weighted by molar-refractivity contribution is 5.75. The zero-order valence-corrected chi connectivity index (χ0v) is 12.4. The molecule has 0 bridgehead atoms. The average Bonchev–Trinajstić information content (AvgIpc) is 2.53. The van der Waals surface area contributed by atoms with E-state index >= 15 is 0 Å². The van der Waals surface area contributed by atoms with Crippen molar-refractivity contribution >= 4 is 0 Å². The van der Waals surface area contributed by atoms with Gasteiger partial charge in [-0.2, -0.15) is 5.26 Å². The number of aliphatic hydroxyl groups is 1. The maximum absolute atomic E-state index is 9.32. The van der Waals surface area contributed by atoms with E-state index < -0.39 is 0 Å². The monoisotopic (exact) mass is 282 g/mol. The molecule has 0 aliphatic rings. The summed E-state index contributed by atoms with van der Waals surface area (Å²) in [6.07, 6.45) is 1.78. The third-order valence-electron chi connectivity index (χ3n) is 3.39. The van der Waals surface area contributed by atoms with E-state index in [9.17, 15) is 5.11 Å². The summed E-state index contributed by atoms with van der Waals surface area (Å²) in [4.78, 5) is 4.25. The number of aromatic nitrogens is 1. The van der Waals surface area contributed by atoms with Crippen molar-refractivity contribution in [2.75, 3.05) is 7.11 Å². The van der Waals surface area contributed by atoms with Crippen molar-refractivity contribution in [3.63, 3.8) is 0 Å². The Morgan fingerprint density at radius 1 is 1.29 bits per heavy atom. The summed E-state index contributed by atoms with van der Waals surface area (Å²) in [5.41, 5.74) is 4.01. The molecule has 0 atom stereocenters. The molecule has 2 rings (SSSR count). The SMILES string of the molecule is COc1ccc(C#N)cc1-c1cc(CO)ncc1C(C)C. The van der Waals surface area contributed by atoms with Crippen molar-refractivity contribution < 1.29 is 9.84 Å². The summed E-state index contributed by atoms with van der Waals surface area (Å²) in [7, 11) is 1.61. The van der Waals surface area contributed by atoms with Gasteiger partial charge in [-0.05, 0) is 41.3 Å². The number of benzene rings is 1. The largest absolute Gasteiger partial charge is 0.496 e. The first-order valence-corrected chi connectivity index (χ1v) is 6.79. The van der Waals surface area contributed by atoms with Crippen LogP contribution in [0.3, 0.4) is 0 Å². The number of methoxy groups -OCH3 is 1. The molecule has 0 amide bonds. The van der Waals surface area contributed by atoms with Crippen LogP contribution in [-0.2, 0) is 6.61 Å². The Balaban J connectivity index is 2.72. The van der Waals surface area contributed by atoms with Crippen LogP contribution in [-0.4, -0.2) is 17.2 Å². The minimum atomic E-state index is -0.119. The van der Waals surface area contributed by atoms with Gasteiger partial charge in [-0.1, -0.05) is 13.8 Å². The second-order valence-electron chi connectivity index (χ2n) is 5.10. The van der Waals surface area contributed by atoms with Crippen molar-refractivity contribution in [2.45, 2.75) is 26.4 Å².